The summed E-state index contributed by atoms with van der Waals surface area (Å²) < 4.78 is 0. The van der Waals surface area contributed by atoms with Crippen molar-refractivity contribution >= 4 is 35.0 Å². The Labute approximate surface area is 108 Å². The summed E-state index contributed by atoms with van der Waals surface area (Å²) in [6, 6.07) is 7.63. The molecule has 0 saturated heterocycles. The molecule has 0 fully saturated rings. The third-order valence-corrected chi connectivity index (χ3v) is 3.75. The highest BCUT2D eigenvalue weighted by atomic mass is 35.5. The Morgan fingerprint density at radius 2 is 1.94 bits per heavy atom. The fraction of sp³-hybridized carbons (Fsp3) is 0.0909. The summed E-state index contributed by atoms with van der Waals surface area (Å²) in [7, 11) is 0. The van der Waals surface area contributed by atoms with Gasteiger partial charge in [0.2, 0.25) is 5.28 Å². The van der Waals surface area contributed by atoms with Crippen LogP contribution in [-0.2, 0) is 0 Å². The minimum atomic E-state index is 0.250. The van der Waals surface area contributed by atoms with E-state index in [0.29, 0.717) is 5.02 Å². The molecule has 0 bridgehead atoms. The molecule has 0 N–H and O–H groups in total. The van der Waals surface area contributed by atoms with E-state index in [1.54, 1.807) is 6.20 Å². The van der Waals surface area contributed by atoms with Gasteiger partial charge in [-0.15, -0.1) is 0 Å². The molecule has 2 nitrogen and oxygen atoms in total. The lowest BCUT2D eigenvalue weighted by Crippen LogP contribution is -1.89. The molecule has 0 aliphatic rings. The summed E-state index contributed by atoms with van der Waals surface area (Å²) in [6.07, 6.45) is 1.70. The van der Waals surface area contributed by atoms with Crippen molar-refractivity contribution in [1.82, 2.24) is 9.97 Å². The summed E-state index contributed by atoms with van der Waals surface area (Å²) in [4.78, 5) is 9.04. The van der Waals surface area contributed by atoms with E-state index in [4.69, 9.17) is 23.2 Å². The molecule has 0 spiro atoms. The second-order valence-electron chi connectivity index (χ2n) is 3.16. The molecular weight excluding hydrogens is 263 g/mol. The maximum atomic E-state index is 6.07. The monoisotopic (exact) mass is 270 g/mol. The van der Waals surface area contributed by atoms with Gasteiger partial charge >= 0.3 is 0 Å². The Morgan fingerprint density at radius 1 is 1.19 bits per heavy atom. The smallest absolute Gasteiger partial charge is 0.223 e. The van der Waals surface area contributed by atoms with Crippen molar-refractivity contribution < 1.29 is 0 Å². The van der Waals surface area contributed by atoms with Crippen molar-refractivity contribution in [1.29, 1.82) is 0 Å². The van der Waals surface area contributed by atoms with Gasteiger partial charge in [-0.2, -0.15) is 0 Å². The number of benzene rings is 1. The average Bonchev–Trinajstić information content (AvgIpc) is 2.27. The van der Waals surface area contributed by atoms with Gasteiger partial charge < -0.3 is 0 Å². The minimum Gasteiger partial charge on any atom is -0.226 e. The van der Waals surface area contributed by atoms with Crippen LogP contribution in [0.2, 0.25) is 10.3 Å². The average molecular weight is 271 g/mol. The summed E-state index contributed by atoms with van der Waals surface area (Å²) >= 11 is 13.3. The quantitative estimate of drug-likeness (QED) is 0.603. The van der Waals surface area contributed by atoms with Crippen LogP contribution >= 0.6 is 35.0 Å². The normalized spacial score (nSPS) is 10.4. The van der Waals surface area contributed by atoms with Gasteiger partial charge in [0, 0.05) is 16.7 Å². The number of halogens is 2. The molecule has 0 radical (unpaired) electrons. The SMILES string of the molecule is Cc1cnc(Cl)nc1Sc1ccccc1Cl. The van der Waals surface area contributed by atoms with E-state index in [2.05, 4.69) is 9.97 Å². The molecule has 1 aromatic carbocycles. The summed E-state index contributed by atoms with van der Waals surface area (Å²) in [5.41, 5.74) is 0.981. The van der Waals surface area contributed by atoms with Crippen molar-refractivity contribution in [2.45, 2.75) is 16.8 Å². The topological polar surface area (TPSA) is 25.8 Å². The highest BCUT2D eigenvalue weighted by Crippen LogP contribution is 2.33. The zero-order valence-corrected chi connectivity index (χ0v) is 10.8. The number of nitrogens with zero attached hydrogens (tertiary/aromatic N) is 2. The maximum absolute atomic E-state index is 6.07. The largest absolute Gasteiger partial charge is 0.226 e. The Balaban J connectivity index is 2.34. The molecule has 5 heteroatoms. The van der Waals surface area contributed by atoms with Gasteiger partial charge in [-0.25, -0.2) is 9.97 Å². The van der Waals surface area contributed by atoms with E-state index in [1.807, 2.05) is 31.2 Å². The molecule has 0 saturated carbocycles. The van der Waals surface area contributed by atoms with Crippen molar-refractivity contribution in [3.8, 4) is 0 Å². The second-order valence-corrected chi connectivity index (χ2v) is 4.94. The minimum absolute atomic E-state index is 0.250. The third kappa shape index (κ3) is 2.67. The Kier molecular flexibility index (Phi) is 3.69. The zero-order valence-electron chi connectivity index (χ0n) is 8.45. The molecule has 1 heterocycles. The van der Waals surface area contributed by atoms with E-state index in [0.717, 1.165) is 15.5 Å². The second kappa shape index (κ2) is 5.04. The zero-order chi connectivity index (χ0) is 11.5. The standard InChI is InChI=1S/C11H8Cl2N2S/c1-7-6-14-11(13)15-10(7)16-9-5-3-2-4-8(9)12/h2-6H,1H3. The van der Waals surface area contributed by atoms with Crippen molar-refractivity contribution in [3.63, 3.8) is 0 Å². The van der Waals surface area contributed by atoms with Crippen LogP contribution in [0.1, 0.15) is 5.56 Å². The van der Waals surface area contributed by atoms with Gasteiger partial charge in [0.1, 0.15) is 5.03 Å². The maximum Gasteiger partial charge on any atom is 0.223 e. The molecule has 0 amide bonds. The molecular formula is C11H8Cl2N2S. The lowest BCUT2D eigenvalue weighted by atomic mass is 10.4. The number of hydrogen-bond acceptors (Lipinski definition) is 3. The molecule has 0 aliphatic heterocycles. The summed E-state index contributed by atoms with van der Waals surface area (Å²) in [5.74, 6) is 0. The lowest BCUT2D eigenvalue weighted by Gasteiger charge is -2.05. The Bertz CT molecular complexity index is 517. The van der Waals surface area contributed by atoms with E-state index in [1.165, 1.54) is 11.8 Å². The highest BCUT2D eigenvalue weighted by Gasteiger charge is 2.07. The molecule has 0 unspecified atom stereocenters. The van der Waals surface area contributed by atoms with Crippen LogP contribution < -0.4 is 0 Å². The van der Waals surface area contributed by atoms with Crippen molar-refractivity contribution in [2.75, 3.05) is 0 Å². The van der Waals surface area contributed by atoms with Gasteiger partial charge in [0.05, 0.1) is 5.02 Å². The van der Waals surface area contributed by atoms with E-state index >= 15 is 0 Å². The van der Waals surface area contributed by atoms with Gasteiger partial charge in [0.15, 0.2) is 0 Å². The molecule has 2 aromatic rings. The number of aryl methyl sites for hydroxylation is 1. The molecule has 1 aromatic heterocycles. The molecule has 16 heavy (non-hydrogen) atoms. The molecule has 0 atom stereocenters. The first-order chi connectivity index (χ1) is 7.66. The van der Waals surface area contributed by atoms with Crippen LogP contribution in [0.5, 0.6) is 0 Å². The van der Waals surface area contributed by atoms with Crippen molar-refractivity contribution in [3.05, 3.63) is 46.3 Å². The molecule has 82 valence electrons. The van der Waals surface area contributed by atoms with Crippen LogP contribution in [0.4, 0.5) is 0 Å². The Morgan fingerprint density at radius 3 is 2.69 bits per heavy atom. The third-order valence-electron chi connectivity index (χ3n) is 1.94. The number of aromatic nitrogens is 2. The van der Waals surface area contributed by atoms with Crippen LogP contribution in [-0.4, -0.2) is 9.97 Å². The highest BCUT2D eigenvalue weighted by molar-refractivity contribution is 7.99. The summed E-state index contributed by atoms with van der Waals surface area (Å²) in [6.45, 7) is 1.94. The first-order valence-corrected chi connectivity index (χ1v) is 6.15. The van der Waals surface area contributed by atoms with Crippen LogP contribution in [0, 0.1) is 6.92 Å². The van der Waals surface area contributed by atoms with Crippen LogP contribution in [0.3, 0.4) is 0 Å². The number of rotatable bonds is 2. The van der Waals surface area contributed by atoms with E-state index < -0.39 is 0 Å². The van der Waals surface area contributed by atoms with E-state index in [9.17, 15) is 0 Å². The van der Waals surface area contributed by atoms with Gasteiger partial charge in [-0.3, -0.25) is 0 Å². The number of hydrogen-bond donors (Lipinski definition) is 0. The molecule has 0 aliphatic carbocycles. The fourth-order valence-corrected chi connectivity index (χ4v) is 2.44. The molecule has 2 rings (SSSR count). The van der Waals surface area contributed by atoms with Crippen LogP contribution in [0.25, 0.3) is 0 Å². The van der Waals surface area contributed by atoms with E-state index in [-0.39, 0.29) is 5.28 Å². The fourth-order valence-electron chi connectivity index (χ4n) is 1.14. The van der Waals surface area contributed by atoms with Crippen molar-refractivity contribution in [2.24, 2.45) is 0 Å². The Hall–Kier alpha value is -0.770. The van der Waals surface area contributed by atoms with Gasteiger partial charge in [-0.1, -0.05) is 35.5 Å². The predicted molar refractivity (Wildman–Crippen MR) is 67.4 cm³/mol. The lowest BCUT2D eigenvalue weighted by molar-refractivity contribution is 1.00. The van der Waals surface area contributed by atoms with Crippen LogP contribution in [0.15, 0.2) is 40.4 Å². The summed E-state index contributed by atoms with van der Waals surface area (Å²) in [5, 5.41) is 1.79. The first kappa shape index (κ1) is 11.7. The van der Waals surface area contributed by atoms with Gasteiger partial charge in [-0.05, 0) is 30.7 Å². The first-order valence-electron chi connectivity index (χ1n) is 4.58. The predicted octanol–water partition coefficient (Wildman–Crippen LogP) is 4.24. The van der Waals surface area contributed by atoms with Gasteiger partial charge in [0.25, 0.3) is 0 Å².